The van der Waals surface area contributed by atoms with Crippen LogP contribution in [0.3, 0.4) is 0 Å². The summed E-state index contributed by atoms with van der Waals surface area (Å²) >= 11 is 1.28. The van der Waals surface area contributed by atoms with E-state index < -0.39 is 21.0 Å². The molecule has 2 N–H and O–H groups in total. The highest BCUT2D eigenvalue weighted by Crippen LogP contribution is 2.27. The maximum Gasteiger partial charge on any atom is 0.271 e. The predicted octanol–water partition coefficient (Wildman–Crippen LogP) is 5.18. The van der Waals surface area contributed by atoms with Crippen molar-refractivity contribution in [3.05, 3.63) is 98.1 Å². The monoisotopic (exact) mass is 480 g/mol. The van der Waals surface area contributed by atoms with E-state index in [1.807, 2.05) is 0 Å². The lowest BCUT2D eigenvalue weighted by atomic mass is 10.2. The van der Waals surface area contributed by atoms with Gasteiger partial charge in [0.05, 0.1) is 20.8 Å². The maximum atomic E-state index is 12.6. The summed E-state index contributed by atoms with van der Waals surface area (Å²) in [6, 6.07) is 16.5. The Balaban J connectivity index is 1.61. The van der Waals surface area contributed by atoms with Gasteiger partial charge in [0, 0.05) is 40.4 Å². The molecule has 34 heavy (non-hydrogen) atoms. The minimum Gasteiger partial charge on any atom is -0.325 e. The first-order chi connectivity index (χ1) is 16.1. The van der Waals surface area contributed by atoms with Crippen LogP contribution in [0.5, 0.6) is 0 Å². The number of nitrogens with zero attached hydrogens (tertiary/aromatic N) is 2. The Kier molecular flexibility index (Phi) is 7.59. The Labute approximate surface area is 198 Å². The minimum absolute atomic E-state index is 0.107. The molecule has 0 radical (unpaired) electrons. The van der Waals surface area contributed by atoms with Crippen LogP contribution < -0.4 is 10.6 Å². The molecule has 0 saturated carbocycles. The number of aryl methyl sites for hydroxylation is 1. The standard InChI is InChI=1S/C23H20N4O6S/c1-14-6-9-19(27(32)33)13-21(14)25-22(28)15(2)34-20-10-7-17(8-11-20)24-23(29)16-4-3-5-18(12-16)26(30)31/h3-13,15H,1-2H3,(H,24,29)(H,25,28). The molecule has 1 atom stereocenters. The molecule has 0 aliphatic heterocycles. The lowest BCUT2D eigenvalue weighted by Gasteiger charge is -2.14. The van der Waals surface area contributed by atoms with Gasteiger partial charge in [0.15, 0.2) is 0 Å². The smallest absolute Gasteiger partial charge is 0.271 e. The fraction of sp³-hybridized carbons (Fsp3) is 0.130. The van der Waals surface area contributed by atoms with Crippen molar-refractivity contribution >= 4 is 46.3 Å². The van der Waals surface area contributed by atoms with Gasteiger partial charge in [0.1, 0.15) is 0 Å². The molecular formula is C23H20N4O6S. The van der Waals surface area contributed by atoms with Crippen molar-refractivity contribution < 1.29 is 19.4 Å². The second-order valence-corrected chi connectivity index (χ2v) is 8.71. The topological polar surface area (TPSA) is 144 Å². The number of amides is 2. The lowest BCUT2D eigenvalue weighted by molar-refractivity contribution is -0.385. The van der Waals surface area contributed by atoms with Crippen LogP contribution in [0.25, 0.3) is 0 Å². The summed E-state index contributed by atoms with van der Waals surface area (Å²) in [4.78, 5) is 46.5. The Bertz CT molecular complexity index is 1260. The number of anilines is 2. The molecule has 0 bridgehead atoms. The van der Waals surface area contributed by atoms with Gasteiger partial charge in [-0.15, -0.1) is 11.8 Å². The van der Waals surface area contributed by atoms with E-state index in [1.165, 1.54) is 48.2 Å². The van der Waals surface area contributed by atoms with Gasteiger partial charge in [-0.2, -0.15) is 0 Å². The van der Waals surface area contributed by atoms with E-state index in [2.05, 4.69) is 10.6 Å². The van der Waals surface area contributed by atoms with E-state index in [1.54, 1.807) is 44.2 Å². The van der Waals surface area contributed by atoms with Crippen molar-refractivity contribution in [1.29, 1.82) is 0 Å². The Hall–Kier alpha value is -4.25. The Morgan fingerprint density at radius 3 is 2.18 bits per heavy atom. The van der Waals surface area contributed by atoms with Crippen molar-refractivity contribution in [2.24, 2.45) is 0 Å². The van der Waals surface area contributed by atoms with Crippen molar-refractivity contribution in [2.45, 2.75) is 24.0 Å². The Morgan fingerprint density at radius 2 is 1.53 bits per heavy atom. The fourth-order valence-electron chi connectivity index (χ4n) is 2.93. The van der Waals surface area contributed by atoms with E-state index in [9.17, 15) is 29.8 Å². The third-order valence-electron chi connectivity index (χ3n) is 4.80. The summed E-state index contributed by atoms with van der Waals surface area (Å²) in [7, 11) is 0. The molecule has 174 valence electrons. The highest BCUT2D eigenvalue weighted by Gasteiger charge is 2.18. The van der Waals surface area contributed by atoms with Gasteiger partial charge in [0.2, 0.25) is 5.91 Å². The number of rotatable bonds is 8. The van der Waals surface area contributed by atoms with Crippen molar-refractivity contribution in [1.82, 2.24) is 0 Å². The predicted molar refractivity (Wildman–Crippen MR) is 129 cm³/mol. The summed E-state index contributed by atoms with van der Waals surface area (Å²) in [6.07, 6.45) is 0. The largest absolute Gasteiger partial charge is 0.325 e. The van der Waals surface area contributed by atoms with Crippen LogP contribution in [-0.4, -0.2) is 26.9 Å². The lowest BCUT2D eigenvalue weighted by Crippen LogP contribution is -2.22. The molecular weight excluding hydrogens is 460 g/mol. The second kappa shape index (κ2) is 10.6. The van der Waals surface area contributed by atoms with Crippen LogP contribution >= 0.6 is 11.8 Å². The first-order valence-electron chi connectivity index (χ1n) is 10.0. The highest BCUT2D eigenvalue weighted by molar-refractivity contribution is 8.00. The number of hydrogen-bond donors (Lipinski definition) is 2. The van der Waals surface area contributed by atoms with Crippen LogP contribution in [0.15, 0.2) is 71.6 Å². The molecule has 2 amide bonds. The fourth-order valence-corrected chi connectivity index (χ4v) is 3.80. The molecule has 0 aliphatic carbocycles. The molecule has 3 aromatic carbocycles. The molecule has 11 heteroatoms. The molecule has 0 aliphatic rings. The van der Waals surface area contributed by atoms with Gasteiger partial charge >= 0.3 is 0 Å². The van der Waals surface area contributed by atoms with E-state index >= 15 is 0 Å². The van der Waals surface area contributed by atoms with E-state index in [0.717, 1.165) is 4.90 Å². The summed E-state index contributed by atoms with van der Waals surface area (Å²) in [5.74, 6) is -0.791. The number of hydrogen-bond acceptors (Lipinski definition) is 7. The molecule has 3 rings (SSSR count). The molecule has 0 spiro atoms. The molecule has 10 nitrogen and oxygen atoms in total. The molecule has 0 fully saturated rings. The highest BCUT2D eigenvalue weighted by atomic mass is 32.2. The molecule has 1 unspecified atom stereocenters. The van der Waals surface area contributed by atoms with Gasteiger partial charge in [0.25, 0.3) is 17.3 Å². The van der Waals surface area contributed by atoms with Gasteiger partial charge in [-0.05, 0) is 49.7 Å². The normalized spacial score (nSPS) is 11.4. The summed E-state index contributed by atoms with van der Waals surface area (Å²) < 4.78 is 0. The van der Waals surface area contributed by atoms with Crippen molar-refractivity contribution in [3.8, 4) is 0 Å². The average Bonchev–Trinajstić information content (AvgIpc) is 2.81. The van der Waals surface area contributed by atoms with Gasteiger partial charge in [-0.3, -0.25) is 29.8 Å². The zero-order valence-corrected chi connectivity index (χ0v) is 19.0. The number of carbonyl (C=O) groups is 2. The third kappa shape index (κ3) is 6.17. The number of nitro benzene ring substituents is 2. The number of nitrogens with one attached hydrogen (secondary N) is 2. The number of non-ortho nitro benzene ring substituents is 2. The zero-order chi connectivity index (χ0) is 24.8. The van der Waals surface area contributed by atoms with Gasteiger partial charge in [-0.25, -0.2) is 0 Å². The number of thioether (sulfide) groups is 1. The van der Waals surface area contributed by atoms with Crippen molar-refractivity contribution in [3.63, 3.8) is 0 Å². The van der Waals surface area contributed by atoms with Crippen LogP contribution in [-0.2, 0) is 4.79 Å². The Morgan fingerprint density at radius 1 is 0.882 bits per heavy atom. The maximum absolute atomic E-state index is 12.6. The van der Waals surface area contributed by atoms with E-state index in [-0.39, 0.29) is 22.8 Å². The summed E-state index contributed by atoms with van der Waals surface area (Å²) in [5.41, 5.74) is 1.46. The second-order valence-electron chi connectivity index (χ2n) is 7.29. The van der Waals surface area contributed by atoms with E-state index in [0.29, 0.717) is 16.9 Å². The SMILES string of the molecule is Cc1ccc([N+](=O)[O-])cc1NC(=O)C(C)Sc1ccc(NC(=O)c2cccc([N+](=O)[O-])c2)cc1. The van der Waals surface area contributed by atoms with Crippen LogP contribution in [0.2, 0.25) is 0 Å². The summed E-state index contributed by atoms with van der Waals surface area (Å²) in [5, 5.41) is 26.8. The van der Waals surface area contributed by atoms with Crippen LogP contribution in [0, 0.1) is 27.2 Å². The third-order valence-corrected chi connectivity index (χ3v) is 5.92. The summed E-state index contributed by atoms with van der Waals surface area (Å²) in [6.45, 7) is 3.46. The number of benzene rings is 3. The molecule has 0 heterocycles. The van der Waals surface area contributed by atoms with Crippen LogP contribution in [0.4, 0.5) is 22.7 Å². The van der Waals surface area contributed by atoms with Crippen molar-refractivity contribution in [2.75, 3.05) is 10.6 Å². The van der Waals surface area contributed by atoms with Gasteiger partial charge in [-0.1, -0.05) is 12.1 Å². The van der Waals surface area contributed by atoms with Crippen LogP contribution in [0.1, 0.15) is 22.8 Å². The number of carbonyl (C=O) groups excluding carboxylic acids is 2. The number of nitro groups is 2. The first-order valence-corrected chi connectivity index (χ1v) is 10.9. The average molecular weight is 481 g/mol. The minimum atomic E-state index is -0.569. The molecule has 0 saturated heterocycles. The molecule has 0 aromatic heterocycles. The molecule has 3 aromatic rings. The van der Waals surface area contributed by atoms with E-state index in [4.69, 9.17) is 0 Å². The van der Waals surface area contributed by atoms with Gasteiger partial charge < -0.3 is 10.6 Å². The first kappa shape index (κ1) is 24.4. The quantitative estimate of drug-likeness (QED) is 0.257. The zero-order valence-electron chi connectivity index (χ0n) is 18.2.